The molecule has 9 nitrogen and oxygen atoms in total. The van der Waals surface area contributed by atoms with Crippen molar-refractivity contribution in [2.75, 3.05) is 7.11 Å². The molecule has 0 radical (unpaired) electrons. The molecule has 2 N–H and O–H groups in total. The Morgan fingerprint density at radius 3 is 2.47 bits per heavy atom. The minimum Gasteiger partial charge on any atom is -0.506 e. The first kappa shape index (κ1) is 31.6. The molecule has 3 heterocycles. The van der Waals surface area contributed by atoms with Crippen molar-refractivity contribution in [3.63, 3.8) is 0 Å². The van der Waals surface area contributed by atoms with Gasteiger partial charge in [-0.2, -0.15) is 0 Å². The molecule has 0 unspecified atom stereocenters. The maximum atomic E-state index is 13.5. The van der Waals surface area contributed by atoms with Crippen LogP contribution in [0.1, 0.15) is 70.7 Å². The summed E-state index contributed by atoms with van der Waals surface area (Å²) < 4.78 is 25.9. The third-order valence-electron chi connectivity index (χ3n) is 8.06. The molecule has 0 bridgehead atoms. The van der Waals surface area contributed by atoms with E-state index in [1.165, 1.54) is 17.7 Å². The molecule has 4 aromatic rings. The largest absolute Gasteiger partial charge is 0.506 e. The number of para-hydroxylation sites is 1. The number of phenolic OH excluding ortho intramolecular Hbond substituents is 2. The first-order valence-corrected chi connectivity index (χ1v) is 15.3. The average molecular weight is 636 g/mol. The number of fused-ring (bicyclic) bond motifs is 4. The van der Waals surface area contributed by atoms with Crippen LogP contribution in [0.5, 0.6) is 34.5 Å². The number of allylic oxidation sites excluding steroid dienone is 2. The van der Waals surface area contributed by atoms with Crippen molar-refractivity contribution in [3.8, 4) is 45.6 Å². The molecule has 1 aromatic heterocycles. The lowest BCUT2D eigenvalue weighted by atomic mass is 9.84. The maximum Gasteiger partial charge on any atom is 0.419 e. The highest BCUT2D eigenvalue weighted by Gasteiger charge is 2.40. The van der Waals surface area contributed by atoms with Crippen molar-refractivity contribution < 1.29 is 38.7 Å². The highest BCUT2D eigenvalue weighted by molar-refractivity contribution is 6.11. The molecule has 242 valence electrons. The van der Waals surface area contributed by atoms with E-state index in [9.17, 15) is 19.8 Å². The number of aromatic hydroxyl groups is 2. The molecule has 9 heteroatoms. The smallest absolute Gasteiger partial charge is 0.419 e. The van der Waals surface area contributed by atoms with E-state index in [0.29, 0.717) is 50.9 Å². The first-order valence-electron chi connectivity index (χ1n) is 15.3. The number of aromatic nitrogens is 1. The lowest BCUT2D eigenvalue weighted by molar-refractivity contribution is 0.0544. The summed E-state index contributed by atoms with van der Waals surface area (Å²) in [6.07, 6.45) is 6.89. The minimum atomic E-state index is -0.773. The molecule has 0 spiro atoms. The quantitative estimate of drug-likeness (QED) is 0.149. The van der Waals surface area contributed by atoms with E-state index >= 15 is 0 Å². The number of nitrogens with zero attached hydrogens (tertiary/aromatic N) is 1. The zero-order valence-corrected chi connectivity index (χ0v) is 27.7. The fraction of sp³-hybridized carbons (Fsp3) is 0.289. The normalized spacial score (nSPS) is 14.3. The van der Waals surface area contributed by atoms with Gasteiger partial charge in [0.05, 0.1) is 34.9 Å². The highest BCUT2D eigenvalue weighted by atomic mass is 16.6. The molecule has 47 heavy (non-hydrogen) atoms. The number of carbonyl (C=O) groups is 1. The second kappa shape index (κ2) is 11.1. The van der Waals surface area contributed by atoms with Gasteiger partial charge in [0.15, 0.2) is 17.2 Å². The lowest BCUT2D eigenvalue weighted by Crippen LogP contribution is -2.28. The second-order valence-electron chi connectivity index (χ2n) is 13.5. The molecule has 2 aliphatic heterocycles. The van der Waals surface area contributed by atoms with Crippen LogP contribution in [0.4, 0.5) is 4.79 Å². The predicted molar refractivity (Wildman–Crippen MR) is 180 cm³/mol. The van der Waals surface area contributed by atoms with E-state index in [1.54, 1.807) is 39.1 Å². The molecular weight excluding hydrogens is 598 g/mol. The lowest BCUT2D eigenvalue weighted by Gasteiger charge is -2.34. The van der Waals surface area contributed by atoms with Crippen molar-refractivity contribution in [2.24, 2.45) is 0 Å². The van der Waals surface area contributed by atoms with Gasteiger partial charge < -0.3 is 29.2 Å². The molecule has 0 atom stereocenters. The van der Waals surface area contributed by atoms with Crippen LogP contribution in [0.3, 0.4) is 0 Å². The summed E-state index contributed by atoms with van der Waals surface area (Å²) in [5.41, 5.74) is 2.34. The van der Waals surface area contributed by atoms with Gasteiger partial charge in [0.1, 0.15) is 34.4 Å². The Balaban J connectivity index is 1.72. The third-order valence-corrected chi connectivity index (χ3v) is 8.06. The third kappa shape index (κ3) is 5.32. The van der Waals surface area contributed by atoms with Crippen molar-refractivity contribution in [1.82, 2.24) is 4.57 Å². The summed E-state index contributed by atoms with van der Waals surface area (Å²) in [6, 6.07) is 8.72. The average Bonchev–Trinajstić information content (AvgIpc) is 3.37. The van der Waals surface area contributed by atoms with Gasteiger partial charge in [-0.15, -0.1) is 0 Å². The number of hydrogen-bond acceptors (Lipinski definition) is 8. The Morgan fingerprint density at radius 1 is 1.09 bits per heavy atom. The van der Waals surface area contributed by atoms with Gasteiger partial charge in [-0.1, -0.05) is 29.8 Å². The molecule has 3 aromatic carbocycles. The molecule has 0 amide bonds. The summed E-state index contributed by atoms with van der Waals surface area (Å²) in [7, 11) is 1.44. The molecule has 2 aliphatic rings. The van der Waals surface area contributed by atoms with E-state index in [1.807, 2.05) is 58.0 Å². The molecule has 0 saturated carbocycles. The molecule has 0 fully saturated rings. The zero-order valence-electron chi connectivity index (χ0n) is 27.7. The number of carbonyl (C=O) groups excluding carboxylic acids is 2. The monoisotopic (exact) mass is 635 g/mol. The van der Waals surface area contributed by atoms with Crippen molar-refractivity contribution in [1.29, 1.82) is 0 Å². The Labute approximate surface area is 273 Å². The molecule has 0 aliphatic carbocycles. The first-order chi connectivity index (χ1) is 22.2. The molecule has 6 rings (SSSR count). The van der Waals surface area contributed by atoms with Crippen molar-refractivity contribution in [3.05, 3.63) is 76.5 Å². The van der Waals surface area contributed by atoms with E-state index < -0.39 is 17.3 Å². The zero-order chi connectivity index (χ0) is 34.0. The van der Waals surface area contributed by atoms with E-state index in [2.05, 4.69) is 5.94 Å². The van der Waals surface area contributed by atoms with Gasteiger partial charge in [-0.3, -0.25) is 4.57 Å². The van der Waals surface area contributed by atoms with Gasteiger partial charge in [-0.05, 0) is 73.1 Å². The van der Waals surface area contributed by atoms with Gasteiger partial charge in [-0.25, -0.2) is 9.59 Å². The Morgan fingerprint density at radius 2 is 1.81 bits per heavy atom. The molecule has 0 saturated heterocycles. The number of methoxy groups -OCH3 is 1. The minimum absolute atomic E-state index is 0.0346. The van der Waals surface area contributed by atoms with Crippen LogP contribution in [-0.4, -0.2) is 45.1 Å². The Kier molecular flexibility index (Phi) is 7.48. The number of ether oxygens (including phenoxy) is 4. The highest BCUT2D eigenvalue weighted by Crippen LogP contribution is 2.60. The summed E-state index contributed by atoms with van der Waals surface area (Å²) in [4.78, 5) is 26.5. The predicted octanol–water partition coefficient (Wildman–Crippen LogP) is 8.57. The van der Waals surface area contributed by atoms with Crippen molar-refractivity contribution in [2.45, 2.75) is 66.1 Å². The fourth-order valence-corrected chi connectivity index (χ4v) is 6.07. The van der Waals surface area contributed by atoms with Crippen LogP contribution in [-0.2, 0) is 16.0 Å². The van der Waals surface area contributed by atoms with Gasteiger partial charge >= 0.3 is 6.09 Å². The summed E-state index contributed by atoms with van der Waals surface area (Å²) in [5.74, 6) is 2.44. The van der Waals surface area contributed by atoms with E-state index in [4.69, 9.17) is 18.9 Å². The van der Waals surface area contributed by atoms with Crippen LogP contribution in [0.2, 0.25) is 0 Å². The number of rotatable bonds is 4. The Hall–Kier alpha value is -5.40. The Bertz CT molecular complexity index is 2090. The number of phenols is 2. The molecular formula is C38H37NO8. The summed E-state index contributed by atoms with van der Waals surface area (Å²) >= 11 is 0. The topological polar surface area (TPSA) is 116 Å². The van der Waals surface area contributed by atoms with Crippen LogP contribution in [0.25, 0.3) is 33.7 Å². The van der Waals surface area contributed by atoms with Crippen LogP contribution in [0.15, 0.2) is 54.3 Å². The van der Waals surface area contributed by atoms with Crippen LogP contribution < -0.4 is 14.2 Å². The fourth-order valence-electron chi connectivity index (χ4n) is 6.07. The van der Waals surface area contributed by atoms with Gasteiger partial charge in [0.2, 0.25) is 0 Å². The summed E-state index contributed by atoms with van der Waals surface area (Å²) in [6.45, 7) is 13.0. The van der Waals surface area contributed by atoms with E-state index in [-0.39, 0.29) is 39.9 Å². The van der Waals surface area contributed by atoms with Gasteiger partial charge in [0, 0.05) is 34.3 Å². The SMILES string of the molecule is COc1c(O)cc2c(c1CC=C(C)C)C(=C=O)c1c(O)c3c(c(-c4cn(C(=O)OC(C)(C)C)c5ccccc45)c1O2)OC(C)(C)C=C3. The standard InChI is InChI=1S/C38H37NO8/c1-20(2)13-14-22-29-25(19-40)30-32(42)23-15-16-38(6,7)46-34(23)31(35(30)45-28(29)17-27(41)33(22)44-8)24-18-39(36(43)47-37(3,4)5)26-12-10-9-11-21(24)26/h9-13,15-18,41-42H,14H2,1-8H3. The number of benzene rings is 3. The van der Waals surface area contributed by atoms with Gasteiger partial charge in [0.25, 0.3) is 0 Å². The maximum absolute atomic E-state index is 13.5. The van der Waals surface area contributed by atoms with Crippen LogP contribution in [0, 0.1) is 0 Å². The van der Waals surface area contributed by atoms with Crippen molar-refractivity contribution >= 4 is 34.6 Å². The second-order valence-corrected chi connectivity index (χ2v) is 13.5. The van der Waals surface area contributed by atoms with E-state index in [0.717, 1.165) is 5.57 Å². The summed E-state index contributed by atoms with van der Waals surface area (Å²) in [5, 5.41) is 23.6. The van der Waals surface area contributed by atoms with Crippen LogP contribution >= 0.6 is 0 Å². The number of hydrogen-bond donors (Lipinski definition) is 2.